The van der Waals surface area contributed by atoms with Crippen molar-refractivity contribution in [3.63, 3.8) is 0 Å². The minimum Gasteiger partial charge on any atom is -0.508 e. The third-order valence-corrected chi connectivity index (χ3v) is 7.79. The molecule has 0 aromatic heterocycles. The third-order valence-electron chi connectivity index (χ3n) is 5.57. The van der Waals surface area contributed by atoms with Crippen LogP contribution >= 0.6 is 0 Å². The maximum Gasteiger partial charge on any atom is 0.471 e. The van der Waals surface area contributed by atoms with Crippen LogP contribution in [0.4, 0.5) is 13.2 Å². The molecular formula is C17H20F3NO4S. The minimum absolute atomic E-state index is 0.0103. The third kappa shape index (κ3) is 3.17. The van der Waals surface area contributed by atoms with Gasteiger partial charge < -0.3 is 10.4 Å². The first-order valence-electron chi connectivity index (χ1n) is 8.37. The monoisotopic (exact) mass is 391 g/mol. The van der Waals surface area contributed by atoms with E-state index in [1.807, 2.05) is 5.32 Å². The molecule has 2 N–H and O–H groups in total. The number of benzene rings is 1. The topological polar surface area (TPSA) is 83.5 Å². The summed E-state index contributed by atoms with van der Waals surface area (Å²) in [6.45, 7) is 1.67. The van der Waals surface area contributed by atoms with Gasteiger partial charge in [0, 0.05) is 5.41 Å². The average molecular weight is 391 g/mol. The second-order valence-corrected chi connectivity index (χ2v) is 9.61. The lowest BCUT2D eigenvalue weighted by Gasteiger charge is -2.48. The zero-order valence-electron chi connectivity index (χ0n) is 14.1. The summed E-state index contributed by atoms with van der Waals surface area (Å²) in [7, 11) is -3.69. The molecule has 2 unspecified atom stereocenters. The number of nitrogens with one attached hydrogen (secondary N) is 1. The lowest BCUT2D eigenvalue weighted by atomic mass is 9.65. The van der Waals surface area contributed by atoms with E-state index in [2.05, 4.69) is 0 Å². The Morgan fingerprint density at radius 2 is 2.00 bits per heavy atom. The number of sulfone groups is 1. The highest BCUT2D eigenvalue weighted by atomic mass is 32.2. The van der Waals surface area contributed by atoms with Gasteiger partial charge in [0.25, 0.3) is 0 Å². The van der Waals surface area contributed by atoms with Crippen molar-refractivity contribution in [2.45, 2.75) is 55.5 Å². The van der Waals surface area contributed by atoms with Crippen molar-refractivity contribution in [2.24, 2.45) is 0 Å². The fourth-order valence-corrected chi connectivity index (χ4v) is 6.36. The van der Waals surface area contributed by atoms with Crippen molar-refractivity contribution in [3.8, 4) is 5.75 Å². The summed E-state index contributed by atoms with van der Waals surface area (Å²) in [5, 5.41) is 10.7. The molecule has 26 heavy (non-hydrogen) atoms. The van der Waals surface area contributed by atoms with Crippen LogP contribution in [0.5, 0.6) is 5.75 Å². The first-order valence-corrected chi connectivity index (χ1v) is 10.1. The Balaban J connectivity index is 2.17. The first kappa shape index (κ1) is 19.0. The summed E-state index contributed by atoms with van der Waals surface area (Å²) in [4.78, 5) is 11.6. The number of halogens is 3. The van der Waals surface area contributed by atoms with Crippen LogP contribution in [0.15, 0.2) is 18.2 Å². The molecule has 0 saturated carbocycles. The molecule has 3 rings (SSSR count). The fourth-order valence-electron chi connectivity index (χ4n) is 4.23. The fraction of sp³-hybridized carbons (Fsp3) is 0.588. The number of aromatic hydroxyl groups is 1. The molecule has 0 spiro atoms. The summed E-state index contributed by atoms with van der Waals surface area (Å²) < 4.78 is 64.0. The molecular weight excluding hydrogens is 371 g/mol. The molecule has 9 heteroatoms. The summed E-state index contributed by atoms with van der Waals surface area (Å²) >= 11 is 0. The van der Waals surface area contributed by atoms with Crippen molar-refractivity contribution in [1.29, 1.82) is 0 Å². The predicted octanol–water partition coefficient (Wildman–Crippen LogP) is 2.22. The number of hydrogen-bond donors (Lipinski definition) is 2. The van der Waals surface area contributed by atoms with E-state index in [-0.39, 0.29) is 17.9 Å². The smallest absolute Gasteiger partial charge is 0.471 e. The van der Waals surface area contributed by atoms with E-state index in [0.717, 1.165) is 0 Å². The van der Waals surface area contributed by atoms with E-state index in [1.165, 1.54) is 12.1 Å². The molecule has 1 aromatic carbocycles. The van der Waals surface area contributed by atoms with Crippen molar-refractivity contribution >= 4 is 15.7 Å². The highest BCUT2D eigenvalue weighted by Crippen LogP contribution is 2.46. The van der Waals surface area contributed by atoms with Gasteiger partial charge in [0.2, 0.25) is 0 Å². The Kier molecular flexibility index (Phi) is 4.49. The van der Waals surface area contributed by atoms with Gasteiger partial charge in [0.15, 0.2) is 9.84 Å². The standard InChI is InChI=1S/C17H20F3NO4S/c1-16-6-2-3-7-26(24,25)13(14(16)21-15(23)17(18,19)20)8-10-4-5-11(22)9-12(10)16/h4-5,9,13-14,22H,2-3,6-8H2,1H3,(H,21,23)/t13?,14-,16?/m1/s1. The number of rotatable bonds is 1. The predicted molar refractivity (Wildman–Crippen MR) is 88.6 cm³/mol. The molecule has 1 saturated heterocycles. The zero-order valence-corrected chi connectivity index (χ0v) is 15.0. The number of carbonyl (C=O) groups is 1. The number of phenolic OH excluding ortho intramolecular Hbond substituents is 1. The number of hydrogen-bond acceptors (Lipinski definition) is 4. The quantitative estimate of drug-likeness (QED) is 0.769. The number of alkyl halides is 3. The van der Waals surface area contributed by atoms with Gasteiger partial charge in [0.05, 0.1) is 17.0 Å². The van der Waals surface area contributed by atoms with E-state index in [1.54, 1.807) is 13.0 Å². The molecule has 1 fully saturated rings. The molecule has 2 aliphatic rings. The van der Waals surface area contributed by atoms with Crippen LogP contribution in [-0.2, 0) is 26.5 Å². The van der Waals surface area contributed by atoms with Crippen LogP contribution in [-0.4, -0.2) is 42.7 Å². The van der Waals surface area contributed by atoms with E-state index in [0.29, 0.717) is 30.4 Å². The molecule has 2 bridgehead atoms. The van der Waals surface area contributed by atoms with Crippen molar-refractivity contribution in [1.82, 2.24) is 5.32 Å². The summed E-state index contributed by atoms with van der Waals surface area (Å²) in [6, 6.07) is 3.29. The lowest BCUT2D eigenvalue weighted by Crippen LogP contribution is -2.63. The van der Waals surface area contributed by atoms with E-state index < -0.39 is 38.6 Å². The second kappa shape index (κ2) is 6.14. The largest absolute Gasteiger partial charge is 0.508 e. The van der Waals surface area contributed by atoms with Crippen molar-refractivity contribution in [3.05, 3.63) is 29.3 Å². The van der Waals surface area contributed by atoms with Gasteiger partial charge in [-0.25, -0.2) is 8.42 Å². The number of phenols is 1. The average Bonchev–Trinajstić information content (AvgIpc) is 2.53. The first-order chi connectivity index (χ1) is 11.9. The van der Waals surface area contributed by atoms with Crippen molar-refractivity contribution in [2.75, 3.05) is 5.75 Å². The Bertz CT molecular complexity index is 837. The molecule has 5 nitrogen and oxygen atoms in total. The SMILES string of the molecule is CC12CCCCS(=O)(=O)C(Cc3ccc(O)cc31)[C@H]2NC(=O)C(F)(F)F. The maximum absolute atomic E-state index is 12.8. The Labute approximate surface area is 149 Å². The van der Waals surface area contributed by atoms with E-state index in [4.69, 9.17) is 0 Å². The van der Waals surface area contributed by atoms with Crippen LogP contribution in [0, 0.1) is 0 Å². The van der Waals surface area contributed by atoms with Crippen LogP contribution in [0.25, 0.3) is 0 Å². The highest BCUT2D eigenvalue weighted by molar-refractivity contribution is 7.92. The molecule has 1 aromatic rings. The van der Waals surface area contributed by atoms with E-state index >= 15 is 0 Å². The second-order valence-electron chi connectivity index (χ2n) is 7.27. The molecule has 1 heterocycles. The van der Waals surface area contributed by atoms with Crippen LogP contribution in [0.3, 0.4) is 0 Å². The van der Waals surface area contributed by atoms with Gasteiger partial charge in [-0.15, -0.1) is 0 Å². The molecule has 144 valence electrons. The highest BCUT2D eigenvalue weighted by Gasteiger charge is 2.53. The number of amides is 1. The lowest BCUT2D eigenvalue weighted by molar-refractivity contribution is -0.175. The summed E-state index contributed by atoms with van der Waals surface area (Å²) in [6.07, 6.45) is -3.76. The zero-order chi connectivity index (χ0) is 19.3. The van der Waals surface area contributed by atoms with Crippen LogP contribution in [0.1, 0.15) is 37.3 Å². The van der Waals surface area contributed by atoms with Gasteiger partial charge in [0.1, 0.15) is 5.75 Å². The Morgan fingerprint density at radius 1 is 1.31 bits per heavy atom. The number of fused-ring (bicyclic) bond motifs is 4. The molecule has 1 aliphatic carbocycles. The van der Waals surface area contributed by atoms with Gasteiger partial charge in [-0.2, -0.15) is 13.2 Å². The Hall–Kier alpha value is -1.77. The molecule has 1 amide bonds. The van der Waals surface area contributed by atoms with E-state index in [9.17, 15) is 31.5 Å². The minimum atomic E-state index is -5.10. The number of carbonyl (C=O) groups excluding carboxylic acids is 1. The summed E-state index contributed by atoms with van der Waals surface area (Å²) in [5.41, 5.74) is 0.252. The Morgan fingerprint density at radius 3 is 2.65 bits per heavy atom. The van der Waals surface area contributed by atoms with Gasteiger partial charge >= 0.3 is 12.1 Å². The van der Waals surface area contributed by atoms with Crippen LogP contribution in [0.2, 0.25) is 0 Å². The molecule has 3 atom stereocenters. The van der Waals surface area contributed by atoms with Crippen molar-refractivity contribution < 1.29 is 31.5 Å². The van der Waals surface area contributed by atoms with Gasteiger partial charge in [-0.05, 0) is 42.5 Å². The normalized spacial score (nSPS) is 30.6. The molecule has 0 radical (unpaired) electrons. The van der Waals surface area contributed by atoms with Gasteiger partial charge in [-0.3, -0.25) is 4.79 Å². The summed E-state index contributed by atoms with van der Waals surface area (Å²) in [5.74, 6) is -2.30. The van der Waals surface area contributed by atoms with Gasteiger partial charge in [-0.1, -0.05) is 19.4 Å². The van der Waals surface area contributed by atoms with Crippen LogP contribution < -0.4 is 5.32 Å². The molecule has 1 aliphatic heterocycles. The maximum atomic E-state index is 12.8.